The van der Waals surface area contributed by atoms with Crippen LogP contribution in [0.25, 0.3) is 11.6 Å². The van der Waals surface area contributed by atoms with E-state index in [1.165, 1.54) is 23.3 Å². The lowest BCUT2D eigenvalue weighted by Gasteiger charge is -2.05. The molecule has 3 heterocycles. The van der Waals surface area contributed by atoms with E-state index < -0.39 is 0 Å². The third kappa shape index (κ3) is 3.02. The largest absolute Gasteiger partial charge is 0.461 e. The summed E-state index contributed by atoms with van der Waals surface area (Å²) in [6, 6.07) is 3.66. The standard InChI is InChI=1S/C12H10ClN5OS2/c1-2-5-18-11(9-4-3-6-19-9)15-16-12(18)20-7-8-10(13)21-17-14-8/h2-4,6H,1,5,7H2. The molecule has 3 aromatic rings. The van der Waals surface area contributed by atoms with E-state index in [0.717, 1.165) is 10.9 Å². The number of allylic oxidation sites excluding steroid dienone is 1. The van der Waals surface area contributed by atoms with E-state index in [-0.39, 0.29) is 0 Å². The van der Waals surface area contributed by atoms with Crippen LogP contribution < -0.4 is 0 Å². The van der Waals surface area contributed by atoms with Gasteiger partial charge in [-0.3, -0.25) is 4.57 Å². The van der Waals surface area contributed by atoms with Crippen molar-refractivity contribution in [2.24, 2.45) is 0 Å². The highest BCUT2D eigenvalue weighted by molar-refractivity contribution is 7.98. The van der Waals surface area contributed by atoms with E-state index in [4.69, 9.17) is 16.0 Å². The van der Waals surface area contributed by atoms with Crippen molar-refractivity contribution in [2.75, 3.05) is 0 Å². The molecule has 0 saturated carbocycles. The lowest BCUT2D eigenvalue weighted by molar-refractivity contribution is 0.569. The Labute approximate surface area is 134 Å². The fraction of sp³-hybridized carbons (Fsp3) is 0.167. The molecule has 0 fully saturated rings. The van der Waals surface area contributed by atoms with Crippen LogP contribution in [-0.4, -0.2) is 24.4 Å². The Morgan fingerprint density at radius 3 is 3.00 bits per heavy atom. The van der Waals surface area contributed by atoms with E-state index in [2.05, 4.69) is 26.4 Å². The zero-order valence-corrected chi connectivity index (χ0v) is 13.2. The zero-order chi connectivity index (χ0) is 14.7. The second-order valence-corrected chi connectivity index (χ2v) is 6.26. The quantitative estimate of drug-likeness (QED) is 0.505. The van der Waals surface area contributed by atoms with Crippen molar-refractivity contribution in [3.63, 3.8) is 0 Å². The molecule has 6 nitrogen and oxygen atoms in total. The fourth-order valence-corrected chi connectivity index (χ4v) is 3.37. The highest BCUT2D eigenvalue weighted by Gasteiger charge is 2.16. The second kappa shape index (κ2) is 6.42. The highest BCUT2D eigenvalue weighted by atomic mass is 35.5. The SMILES string of the molecule is C=CCn1c(SCc2nnsc2Cl)nnc1-c1ccco1. The molecule has 0 spiro atoms. The second-order valence-electron chi connectivity index (χ2n) is 3.96. The molecule has 3 rings (SSSR count). The van der Waals surface area contributed by atoms with Gasteiger partial charge in [-0.1, -0.05) is 33.9 Å². The predicted octanol–water partition coefficient (Wildman–Crippen LogP) is 3.52. The van der Waals surface area contributed by atoms with Gasteiger partial charge in [0.2, 0.25) is 5.82 Å². The van der Waals surface area contributed by atoms with Gasteiger partial charge in [-0.05, 0) is 12.1 Å². The Bertz CT molecular complexity index is 737. The molecule has 0 unspecified atom stereocenters. The van der Waals surface area contributed by atoms with E-state index in [1.54, 1.807) is 12.3 Å². The number of nitrogens with zero attached hydrogens (tertiary/aromatic N) is 5. The van der Waals surface area contributed by atoms with Crippen LogP contribution in [0.15, 0.2) is 40.6 Å². The van der Waals surface area contributed by atoms with E-state index >= 15 is 0 Å². The van der Waals surface area contributed by atoms with Gasteiger partial charge in [-0.2, -0.15) is 0 Å². The smallest absolute Gasteiger partial charge is 0.200 e. The topological polar surface area (TPSA) is 69.6 Å². The molecule has 0 N–H and O–H groups in total. The first-order valence-electron chi connectivity index (χ1n) is 5.97. The first-order chi connectivity index (χ1) is 10.3. The first-order valence-corrected chi connectivity index (χ1v) is 8.10. The van der Waals surface area contributed by atoms with Crippen LogP contribution in [0, 0.1) is 0 Å². The van der Waals surface area contributed by atoms with Crippen LogP contribution in [-0.2, 0) is 12.3 Å². The average Bonchev–Trinajstić information content (AvgIpc) is 3.18. The zero-order valence-electron chi connectivity index (χ0n) is 10.8. The Morgan fingerprint density at radius 1 is 1.43 bits per heavy atom. The highest BCUT2D eigenvalue weighted by Crippen LogP contribution is 2.29. The molecule has 3 aromatic heterocycles. The van der Waals surface area contributed by atoms with Crippen molar-refractivity contribution in [1.82, 2.24) is 24.4 Å². The number of hydrogen-bond donors (Lipinski definition) is 0. The van der Waals surface area contributed by atoms with E-state index in [1.807, 2.05) is 16.7 Å². The molecule has 0 radical (unpaired) electrons. The summed E-state index contributed by atoms with van der Waals surface area (Å²) in [5.74, 6) is 1.93. The van der Waals surface area contributed by atoms with Crippen LogP contribution in [0.2, 0.25) is 4.34 Å². The summed E-state index contributed by atoms with van der Waals surface area (Å²) in [4.78, 5) is 0. The molecule has 21 heavy (non-hydrogen) atoms. The average molecular weight is 340 g/mol. The van der Waals surface area contributed by atoms with Gasteiger partial charge < -0.3 is 4.42 Å². The molecule has 0 aliphatic heterocycles. The van der Waals surface area contributed by atoms with E-state index in [0.29, 0.717) is 28.2 Å². The Kier molecular flexibility index (Phi) is 4.37. The molecule has 0 saturated heterocycles. The van der Waals surface area contributed by atoms with Crippen LogP contribution >= 0.6 is 34.9 Å². The summed E-state index contributed by atoms with van der Waals surface area (Å²) in [6.45, 7) is 4.36. The van der Waals surface area contributed by atoms with Crippen LogP contribution in [0.3, 0.4) is 0 Å². The predicted molar refractivity (Wildman–Crippen MR) is 82.4 cm³/mol. The van der Waals surface area contributed by atoms with Gasteiger partial charge in [0.15, 0.2) is 10.9 Å². The minimum atomic E-state index is 0.586. The fourth-order valence-electron chi connectivity index (χ4n) is 1.69. The van der Waals surface area contributed by atoms with Crippen molar-refractivity contribution in [3.8, 4) is 11.6 Å². The maximum Gasteiger partial charge on any atom is 0.200 e. The van der Waals surface area contributed by atoms with Crippen molar-refractivity contribution >= 4 is 34.9 Å². The van der Waals surface area contributed by atoms with Crippen LogP contribution in [0.5, 0.6) is 0 Å². The maximum atomic E-state index is 6.00. The van der Waals surface area contributed by atoms with Gasteiger partial charge in [0.25, 0.3) is 0 Å². The molecule has 0 aromatic carbocycles. The van der Waals surface area contributed by atoms with Gasteiger partial charge in [0.05, 0.1) is 6.26 Å². The van der Waals surface area contributed by atoms with Gasteiger partial charge in [-0.15, -0.1) is 21.9 Å². The van der Waals surface area contributed by atoms with Crippen molar-refractivity contribution in [2.45, 2.75) is 17.5 Å². The van der Waals surface area contributed by atoms with Gasteiger partial charge in [0.1, 0.15) is 10.0 Å². The van der Waals surface area contributed by atoms with Crippen molar-refractivity contribution in [3.05, 3.63) is 41.1 Å². The summed E-state index contributed by atoms with van der Waals surface area (Å²) in [5, 5.41) is 13.1. The lowest BCUT2D eigenvalue weighted by atomic mass is 10.4. The molecular weight excluding hydrogens is 330 g/mol. The van der Waals surface area contributed by atoms with E-state index in [9.17, 15) is 0 Å². The van der Waals surface area contributed by atoms with Crippen molar-refractivity contribution < 1.29 is 4.42 Å². The number of aromatic nitrogens is 5. The third-order valence-electron chi connectivity index (χ3n) is 2.62. The summed E-state index contributed by atoms with van der Waals surface area (Å²) < 4.78 is 11.7. The molecule has 0 bridgehead atoms. The molecule has 0 amide bonds. The number of halogens is 1. The minimum absolute atomic E-state index is 0.586. The number of rotatable bonds is 6. The third-order valence-corrected chi connectivity index (χ3v) is 4.58. The molecule has 108 valence electrons. The molecule has 0 aliphatic carbocycles. The normalized spacial score (nSPS) is 10.9. The lowest BCUT2D eigenvalue weighted by Crippen LogP contribution is -2.00. The first kappa shape index (κ1) is 14.3. The molecule has 9 heteroatoms. The summed E-state index contributed by atoms with van der Waals surface area (Å²) in [6.07, 6.45) is 3.40. The van der Waals surface area contributed by atoms with Crippen LogP contribution in [0.1, 0.15) is 5.69 Å². The minimum Gasteiger partial charge on any atom is -0.461 e. The Hall–Kier alpha value is -1.64. The van der Waals surface area contributed by atoms with Gasteiger partial charge in [0, 0.05) is 23.8 Å². The summed E-state index contributed by atoms with van der Waals surface area (Å²) in [7, 11) is 0. The summed E-state index contributed by atoms with van der Waals surface area (Å²) in [5.41, 5.74) is 0.749. The molecule has 0 aliphatic rings. The van der Waals surface area contributed by atoms with Gasteiger partial charge >= 0.3 is 0 Å². The number of hydrogen-bond acceptors (Lipinski definition) is 7. The van der Waals surface area contributed by atoms with Crippen LogP contribution in [0.4, 0.5) is 0 Å². The van der Waals surface area contributed by atoms with Crippen molar-refractivity contribution in [1.29, 1.82) is 0 Å². The molecular formula is C12H10ClN5OS2. The number of thioether (sulfide) groups is 1. The maximum absolute atomic E-state index is 6.00. The van der Waals surface area contributed by atoms with Gasteiger partial charge in [-0.25, -0.2) is 0 Å². The summed E-state index contributed by atoms with van der Waals surface area (Å²) >= 11 is 8.67. The monoisotopic (exact) mass is 339 g/mol. The molecule has 0 atom stereocenters. The Balaban J connectivity index is 1.85. The number of furan rings is 1. The Morgan fingerprint density at radius 2 is 2.33 bits per heavy atom.